The van der Waals surface area contributed by atoms with E-state index in [-0.39, 0.29) is 6.54 Å². The molecule has 0 unspecified atom stereocenters. The van der Waals surface area contributed by atoms with Gasteiger partial charge >= 0.3 is 0 Å². The van der Waals surface area contributed by atoms with Crippen molar-refractivity contribution in [3.63, 3.8) is 0 Å². The van der Waals surface area contributed by atoms with Crippen LogP contribution >= 0.6 is 22.9 Å². The van der Waals surface area contributed by atoms with Crippen molar-refractivity contribution in [3.05, 3.63) is 21.3 Å². The number of alkyl halides is 2. The van der Waals surface area contributed by atoms with Crippen molar-refractivity contribution >= 4 is 22.9 Å². The van der Waals surface area contributed by atoms with E-state index >= 15 is 0 Å². The third-order valence-corrected chi connectivity index (χ3v) is 2.50. The van der Waals surface area contributed by atoms with Gasteiger partial charge in [-0.25, -0.2) is 8.78 Å². The van der Waals surface area contributed by atoms with Crippen molar-refractivity contribution in [2.24, 2.45) is 0 Å². The topological polar surface area (TPSA) is 12.0 Å². The van der Waals surface area contributed by atoms with Crippen LogP contribution in [0.2, 0.25) is 5.02 Å². The molecule has 1 N–H and O–H groups in total. The van der Waals surface area contributed by atoms with Crippen molar-refractivity contribution < 1.29 is 8.78 Å². The lowest BCUT2D eigenvalue weighted by Crippen LogP contribution is -2.19. The summed E-state index contributed by atoms with van der Waals surface area (Å²) < 4.78 is 23.3. The second kappa shape index (κ2) is 4.74. The molecule has 0 saturated heterocycles. The molecule has 0 amide bonds. The van der Waals surface area contributed by atoms with E-state index in [9.17, 15) is 8.78 Å². The number of nitrogens with one attached hydrogen (secondary N) is 1. The Morgan fingerprint density at radius 2 is 2.33 bits per heavy atom. The Kier molecular flexibility index (Phi) is 3.91. The summed E-state index contributed by atoms with van der Waals surface area (Å²) in [6, 6.07) is 1.77. The van der Waals surface area contributed by atoms with E-state index in [1.807, 2.05) is 0 Å². The van der Waals surface area contributed by atoms with Gasteiger partial charge in [-0.3, -0.25) is 0 Å². The van der Waals surface area contributed by atoms with Gasteiger partial charge in [-0.1, -0.05) is 11.6 Å². The second-order valence-corrected chi connectivity index (χ2v) is 3.69. The molecule has 0 radical (unpaired) electrons. The maximum Gasteiger partial charge on any atom is 0.250 e. The Morgan fingerprint density at radius 3 is 2.83 bits per heavy atom. The highest BCUT2D eigenvalue weighted by Crippen LogP contribution is 2.18. The van der Waals surface area contributed by atoms with Gasteiger partial charge in [0.25, 0.3) is 6.43 Å². The first-order chi connectivity index (χ1) is 5.68. The summed E-state index contributed by atoms with van der Waals surface area (Å²) in [5, 5.41) is 5.06. The van der Waals surface area contributed by atoms with Crippen LogP contribution in [0.1, 0.15) is 4.88 Å². The van der Waals surface area contributed by atoms with E-state index in [0.717, 1.165) is 4.88 Å². The predicted octanol–water partition coefficient (Wildman–Crippen LogP) is 2.76. The number of hydrogen-bond donors (Lipinski definition) is 1. The molecule has 1 nitrogen and oxygen atoms in total. The van der Waals surface area contributed by atoms with E-state index in [0.29, 0.717) is 11.6 Å². The fourth-order valence-corrected chi connectivity index (χ4v) is 1.79. The lowest BCUT2D eigenvalue weighted by molar-refractivity contribution is 0.145. The zero-order valence-electron chi connectivity index (χ0n) is 6.19. The van der Waals surface area contributed by atoms with Gasteiger partial charge in [0, 0.05) is 16.8 Å². The predicted molar refractivity (Wildman–Crippen MR) is 47.0 cm³/mol. The molecule has 5 heteroatoms. The Morgan fingerprint density at radius 1 is 1.58 bits per heavy atom. The van der Waals surface area contributed by atoms with Crippen molar-refractivity contribution in [1.29, 1.82) is 0 Å². The average molecular weight is 212 g/mol. The molecule has 0 aliphatic rings. The second-order valence-electron chi connectivity index (χ2n) is 2.25. The van der Waals surface area contributed by atoms with Gasteiger partial charge in [0.15, 0.2) is 0 Å². The van der Waals surface area contributed by atoms with Gasteiger partial charge in [0.05, 0.1) is 11.6 Å². The number of hydrogen-bond acceptors (Lipinski definition) is 2. The number of halogens is 3. The fourth-order valence-electron chi connectivity index (χ4n) is 0.751. The molecule has 0 atom stereocenters. The van der Waals surface area contributed by atoms with Crippen molar-refractivity contribution in [3.8, 4) is 0 Å². The maximum absolute atomic E-state index is 11.7. The Labute approximate surface area is 78.4 Å². The van der Waals surface area contributed by atoms with Crippen LogP contribution in [-0.2, 0) is 6.54 Å². The van der Waals surface area contributed by atoms with Crippen LogP contribution in [0.25, 0.3) is 0 Å². The van der Waals surface area contributed by atoms with E-state index < -0.39 is 6.43 Å². The van der Waals surface area contributed by atoms with E-state index in [4.69, 9.17) is 11.6 Å². The highest BCUT2D eigenvalue weighted by molar-refractivity contribution is 7.10. The van der Waals surface area contributed by atoms with Crippen LogP contribution in [0.15, 0.2) is 11.4 Å². The molecular weight excluding hydrogens is 204 g/mol. The van der Waals surface area contributed by atoms with Crippen LogP contribution in [0.5, 0.6) is 0 Å². The molecule has 1 heterocycles. The van der Waals surface area contributed by atoms with Crippen LogP contribution < -0.4 is 5.32 Å². The van der Waals surface area contributed by atoms with E-state index in [1.165, 1.54) is 11.3 Å². The summed E-state index contributed by atoms with van der Waals surface area (Å²) in [5.74, 6) is 0. The van der Waals surface area contributed by atoms with Gasteiger partial charge in [0.2, 0.25) is 0 Å². The molecule has 0 bridgehead atoms. The Bertz CT molecular complexity index is 239. The molecule has 0 fully saturated rings. The molecule has 0 aliphatic heterocycles. The average Bonchev–Trinajstić information content (AvgIpc) is 2.35. The molecule has 0 aliphatic carbocycles. The first-order valence-corrected chi connectivity index (χ1v) is 4.66. The van der Waals surface area contributed by atoms with Crippen molar-refractivity contribution in [2.45, 2.75) is 13.0 Å². The lowest BCUT2D eigenvalue weighted by atomic mass is 10.4. The fraction of sp³-hybridized carbons (Fsp3) is 0.429. The minimum absolute atomic E-state index is 0.268. The molecule has 68 valence electrons. The largest absolute Gasteiger partial charge is 0.306 e. The first kappa shape index (κ1) is 9.89. The Balaban J connectivity index is 2.24. The monoisotopic (exact) mass is 211 g/mol. The highest BCUT2D eigenvalue weighted by Gasteiger charge is 2.01. The van der Waals surface area contributed by atoms with Crippen LogP contribution in [0, 0.1) is 0 Å². The van der Waals surface area contributed by atoms with Crippen LogP contribution in [0.3, 0.4) is 0 Å². The quantitative estimate of drug-likeness (QED) is 0.808. The van der Waals surface area contributed by atoms with Crippen molar-refractivity contribution in [1.82, 2.24) is 5.32 Å². The van der Waals surface area contributed by atoms with Gasteiger partial charge in [0.1, 0.15) is 0 Å². The molecule has 0 saturated carbocycles. The highest BCUT2D eigenvalue weighted by atomic mass is 35.5. The third kappa shape index (κ3) is 3.47. The summed E-state index contributed by atoms with van der Waals surface area (Å²) in [7, 11) is 0. The van der Waals surface area contributed by atoms with Gasteiger partial charge in [-0.05, 0) is 6.07 Å². The van der Waals surface area contributed by atoms with Crippen molar-refractivity contribution in [2.75, 3.05) is 6.54 Å². The zero-order chi connectivity index (χ0) is 8.97. The number of rotatable bonds is 4. The minimum Gasteiger partial charge on any atom is -0.306 e. The zero-order valence-corrected chi connectivity index (χ0v) is 7.76. The summed E-state index contributed by atoms with van der Waals surface area (Å²) >= 11 is 7.10. The Hall–Kier alpha value is -0.190. The summed E-state index contributed by atoms with van der Waals surface area (Å²) in [4.78, 5) is 0.973. The third-order valence-electron chi connectivity index (χ3n) is 1.22. The summed E-state index contributed by atoms with van der Waals surface area (Å²) in [6.45, 7) is 0.192. The van der Waals surface area contributed by atoms with Gasteiger partial charge in [-0.2, -0.15) is 0 Å². The standard InChI is InChI=1S/C7H8ClF2NS/c8-5-1-6(12-4-5)2-11-3-7(9)10/h1,4,7,11H,2-3H2. The summed E-state index contributed by atoms with van der Waals surface area (Å²) in [5.41, 5.74) is 0. The first-order valence-electron chi connectivity index (χ1n) is 3.40. The van der Waals surface area contributed by atoms with Gasteiger partial charge < -0.3 is 5.32 Å². The lowest BCUT2D eigenvalue weighted by Gasteiger charge is -2.00. The van der Waals surface area contributed by atoms with E-state index in [2.05, 4.69) is 5.32 Å². The maximum atomic E-state index is 11.7. The number of thiophene rings is 1. The normalized spacial score (nSPS) is 11.0. The molecule has 1 aromatic rings. The van der Waals surface area contributed by atoms with Crippen LogP contribution in [-0.4, -0.2) is 13.0 Å². The molecule has 12 heavy (non-hydrogen) atoms. The molecule has 0 spiro atoms. The molecule has 0 aromatic carbocycles. The minimum atomic E-state index is -2.29. The summed E-state index contributed by atoms with van der Waals surface area (Å²) in [6.07, 6.45) is -2.29. The van der Waals surface area contributed by atoms with Crippen LogP contribution in [0.4, 0.5) is 8.78 Å². The van der Waals surface area contributed by atoms with E-state index in [1.54, 1.807) is 11.4 Å². The van der Waals surface area contributed by atoms with Gasteiger partial charge in [-0.15, -0.1) is 11.3 Å². The molecule has 1 aromatic heterocycles. The smallest absolute Gasteiger partial charge is 0.250 e. The molecular formula is C7H8ClF2NS. The SMILES string of the molecule is FC(F)CNCc1cc(Cl)cs1. The molecule has 1 rings (SSSR count).